The van der Waals surface area contributed by atoms with Gasteiger partial charge in [0.2, 0.25) is 0 Å². The minimum Gasteiger partial charge on any atom is -0.361 e. The minimum absolute atomic E-state index is 0.133. The van der Waals surface area contributed by atoms with Gasteiger partial charge in [-0.2, -0.15) is 0 Å². The van der Waals surface area contributed by atoms with Crippen LogP contribution in [0.3, 0.4) is 0 Å². The van der Waals surface area contributed by atoms with E-state index in [1.54, 1.807) is 83.7 Å². The lowest BCUT2D eigenvalue weighted by Gasteiger charge is -2.08. The molecule has 9 heterocycles. The molecule has 0 saturated heterocycles. The Balaban J connectivity index is 0.000000149. The number of hydrogen-bond acceptors (Lipinski definition) is 15. The fraction of sp³-hybridized carbons (Fsp3) is 0.385. The maximum atomic E-state index is 12.6. The van der Waals surface area contributed by atoms with Gasteiger partial charge >= 0.3 is 17.1 Å². The number of H-pyrrole nitrogens is 1. The maximum absolute atomic E-state index is 12.6. The van der Waals surface area contributed by atoms with E-state index >= 15 is 0 Å². The van der Waals surface area contributed by atoms with Gasteiger partial charge in [-0.3, -0.25) is 42.2 Å². The number of aromatic nitrogens is 15. The Hall–Kier alpha value is -7.63. The van der Waals surface area contributed by atoms with Crippen molar-refractivity contribution in [3.63, 3.8) is 0 Å². The zero-order valence-electron chi connectivity index (χ0n) is 37.2. The number of nitrogens with one attached hydrogen (secondary N) is 1. The highest BCUT2D eigenvalue weighted by Gasteiger charge is 2.20. The van der Waals surface area contributed by atoms with Gasteiger partial charge < -0.3 is 27.3 Å². The molecule has 0 aliphatic rings. The molecule has 0 aromatic carbocycles. The molecule has 64 heavy (non-hydrogen) atoms. The molecule has 0 spiro atoms. The van der Waals surface area contributed by atoms with Crippen LogP contribution < -0.4 is 33.7 Å². The first-order valence-corrected chi connectivity index (χ1v) is 19.9. The Morgan fingerprint density at radius 3 is 1.19 bits per heavy atom. The number of aryl methyl sites for hydroxylation is 12. The average molecular weight is 904 g/mol. The fourth-order valence-corrected chi connectivity index (χ4v) is 7.18. The highest BCUT2D eigenvalue weighted by molar-refractivity contribution is 6.17. The number of imidazole rings is 3. The van der Waals surface area contributed by atoms with Crippen LogP contribution >= 0.6 is 11.6 Å². The predicted octanol–water partition coefficient (Wildman–Crippen LogP) is 1.16. The van der Waals surface area contributed by atoms with Gasteiger partial charge in [0.15, 0.2) is 33.5 Å². The molecule has 0 amide bonds. The molecular formula is C39H46ClN15O9. The van der Waals surface area contributed by atoms with Crippen LogP contribution in [0.5, 0.6) is 0 Å². The van der Waals surface area contributed by atoms with E-state index in [1.807, 2.05) is 13.8 Å². The van der Waals surface area contributed by atoms with Crippen molar-refractivity contribution in [3.05, 3.63) is 133 Å². The molecule has 24 nitrogen and oxygen atoms in total. The lowest BCUT2D eigenvalue weighted by atomic mass is 10.2. The standard InChI is InChI=1S/2C13H15N5O3.C7H8N4O2.C6H8ClNO/c2*1-7-9(8(2)21-15-7)5-18-12(19)10-11(14-6-16(10)3)17(4)13(18)20;1-10-3-8-5-4(10)6(12)9-7(13)11(5)2;1-4-6(3-7)5(2)9-8-4/h2*6H,5H2,1-4H3;3H,1-2H3,(H,9,12,13);3H2,1-2H3. The van der Waals surface area contributed by atoms with Crippen LogP contribution in [0.15, 0.2) is 61.3 Å². The summed E-state index contributed by atoms with van der Waals surface area (Å²) in [6, 6.07) is 0. The normalized spacial score (nSPS) is 11.1. The summed E-state index contributed by atoms with van der Waals surface area (Å²) in [6.45, 7) is 11.1. The summed E-state index contributed by atoms with van der Waals surface area (Å²) in [7, 11) is 9.91. The van der Waals surface area contributed by atoms with Crippen LogP contribution in [0.4, 0.5) is 0 Å². The second-order valence-electron chi connectivity index (χ2n) is 14.9. The zero-order chi connectivity index (χ0) is 47.1. The summed E-state index contributed by atoms with van der Waals surface area (Å²) in [6.07, 6.45) is 4.54. The summed E-state index contributed by atoms with van der Waals surface area (Å²) < 4.78 is 26.2. The number of halogens is 1. The lowest BCUT2D eigenvalue weighted by Crippen LogP contribution is -2.40. The number of aromatic amines is 1. The summed E-state index contributed by atoms with van der Waals surface area (Å²) in [5.41, 5.74) is 4.67. The molecule has 0 saturated carbocycles. The van der Waals surface area contributed by atoms with Crippen LogP contribution in [0, 0.1) is 41.5 Å². The molecule has 0 aliphatic heterocycles. The molecule has 9 rings (SSSR count). The smallest absolute Gasteiger partial charge is 0.332 e. The second kappa shape index (κ2) is 18.0. The molecule has 0 radical (unpaired) electrons. The predicted molar refractivity (Wildman–Crippen MR) is 233 cm³/mol. The summed E-state index contributed by atoms with van der Waals surface area (Å²) >= 11 is 5.58. The van der Waals surface area contributed by atoms with Crippen molar-refractivity contribution in [3.8, 4) is 0 Å². The SMILES string of the molecule is Cc1noc(C)c1CCl.Cc1noc(C)c1Cn1c(=O)c2c(ncn2C)n(C)c1=O.Cc1noc(C)c1Cn1c(=O)c2c(ncn2C)n(C)c1=O.Cn1cnc2c1c(=O)[nH]c(=O)n2C. The Labute approximate surface area is 365 Å². The van der Waals surface area contributed by atoms with Gasteiger partial charge in [0.1, 0.15) is 17.3 Å². The van der Waals surface area contributed by atoms with Crippen LogP contribution in [0.2, 0.25) is 0 Å². The van der Waals surface area contributed by atoms with Crippen molar-refractivity contribution >= 4 is 45.1 Å². The van der Waals surface area contributed by atoms with Crippen molar-refractivity contribution in [1.82, 2.24) is 71.9 Å². The van der Waals surface area contributed by atoms with Gasteiger partial charge in [0.05, 0.1) is 55.0 Å². The molecule has 0 unspecified atom stereocenters. The van der Waals surface area contributed by atoms with Crippen LogP contribution in [0.1, 0.15) is 51.1 Å². The molecule has 25 heteroatoms. The average Bonchev–Trinajstić information content (AvgIpc) is 4.12. The monoisotopic (exact) mass is 903 g/mol. The van der Waals surface area contributed by atoms with E-state index in [2.05, 4.69) is 35.4 Å². The third kappa shape index (κ3) is 8.33. The van der Waals surface area contributed by atoms with Crippen molar-refractivity contribution < 1.29 is 13.6 Å². The number of alkyl halides is 1. The highest BCUT2D eigenvalue weighted by atomic mass is 35.5. The Bertz CT molecular complexity index is 3360. The number of hydrogen-bond donors (Lipinski definition) is 1. The molecule has 9 aromatic rings. The minimum atomic E-state index is -0.448. The second-order valence-corrected chi connectivity index (χ2v) is 15.2. The Kier molecular flexibility index (Phi) is 12.9. The van der Waals surface area contributed by atoms with E-state index < -0.39 is 22.6 Å². The van der Waals surface area contributed by atoms with Gasteiger partial charge in [-0.05, 0) is 41.5 Å². The van der Waals surface area contributed by atoms with Crippen molar-refractivity contribution in [2.45, 2.75) is 60.5 Å². The highest BCUT2D eigenvalue weighted by Crippen LogP contribution is 2.15. The number of fused-ring (bicyclic) bond motifs is 3. The molecule has 0 bridgehead atoms. The van der Waals surface area contributed by atoms with E-state index in [0.29, 0.717) is 62.3 Å². The van der Waals surface area contributed by atoms with Crippen LogP contribution in [0.25, 0.3) is 33.5 Å². The molecule has 1 N–H and O–H groups in total. The third-order valence-electron chi connectivity index (χ3n) is 10.7. The molecular weight excluding hydrogens is 858 g/mol. The largest absolute Gasteiger partial charge is 0.361 e. The van der Waals surface area contributed by atoms with Gasteiger partial charge in [-0.1, -0.05) is 15.5 Å². The first-order valence-electron chi connectivity index (χ1n) is 19.3. The Morgan fingerprint density at radius 2 is 0.859 bits per heavy atom. The number of nitrogens with zero attached hydrogens (tertiary/aromatic N) is 14. The molecule has 0 aliphatic carbocycles. The van der Waals surface area contributed by atoms with Crippen molar-refractivity contribution in [1.29, 1.82) is 0 Å². The quantitative estimate of drug-likeness (QED) is 0.237. The van der Waals surface area contributed by atoms with E-state index in [9.17, 15) is 28.8 Å². The van der Waals surface area contributed by atoms with E-state index in [0.717, 1.165) is 28.1 Å². The molecule has 0 fully saturated rings. The fourth-order valence-electron chi connectivity index (χ4n) is 6.80. The van der Waals surface area contributed by atoms with Gasteiger partial charge in [-0.15, -0.1) is 11.6 Å². The molecule has 9 aromatic heterocycles. The summed E-state index contributed by atoms with van der Waals surface area (Å²) in [5, 5.41) is 11.4. The third-order valence-corrected chi connectivity index (χ3v) is 11.0. The van der Waals surface area contributed by atoms with Crippen LogP contribution in [-0.2, 0) is 61.3 Å². The van der Waals surface area contributed by atoms with Gasteiger partial charge in [-0.25, -0.2) is 29.3 Å². The van der Waals surface area contributed by atoms with E-state index in [4.69, 9.17) is 25.2 Å². The summed E-state index contributed by atoms with van der Waals surface area (Å²) in [4.78, 5) is 86.7. The van der Waals surface area contributed by atoms with Gasteiger partial charge in [0, 0.05) is 59.0 Å². The zero-order valence-corrected chi connectivity index (χ0v) is 37.9. The maximum Gasteiger partial charge on any atom is 0.332 e. The van der Waals surface area contributed by atoms with Crippen molar-refractivity contribution in [2.24, 2.45) is 42.3 Å². The first kappa shape index (κ1) is 45.9. The van der Waals surface area contributed by atoms with Crippen LogP contribution in [-0.4, -0.2) is 71.9 Å². The summed E-state index contributed by atoms with van der Waals surface area (Å²) in [5.74, 6) is 2.52. The lowest BCUT2D eigenvalue weighted by molar-refractivity contribution is 0.391. The number of rotatable bonds is 5. The Morgan fingerprint density at radius 1 is 0.516 bits per heavy atom. The van der Waals surface area contributed by atoms with Crippen molar-refractivity contribution in [2.75, 3.05) is 0 Å². The van der Waals surface area contributed by atoms with E-state index in [-0.39, 0.29) is 24.2 Å². The van der Waals surface area contributed by atoms with Gasteiger partial charge in [0.25, 0.3) is 16.7 Å². The molecule has 338 valence electrons. The van der Waals surface area contributed by atoms with E-state index in [1.165, 1.54) is 41.8 Å². The molecule has 0 atom stereocenters. The first-order chi connectivity index (χ1) is 30.2. The topological polar surface area (TPSA) is 274 Å².